The highest BCUT2D eigenvalue weighted by molar-refractivity contribution is 6.24. The van der Waals surface area contributed by atoms with Gasteiger partial charge in [-0.2, -0.15) is 5.26 Å². The Balaban J connectivity index is 1.56. The summed E-state index contributed by atoms with van der Waals surface area (Å²) < 4.78 is 1.90. The topological polar surface area (TPSA) is 58.7 Å². The minimum atomic E-state index is -0.816. The number of aryl methyl sites for hydroxylation is 1. The molecule has 2 aromatic rings. The molecule has 4 saturated carbocycles. The molecule has 0 radical (unpaired) electrons. The smallest absolute Gasteiger partial charge is 0.163 e. The van der Waals surface area contributed by atoms with Crippen LogP contribution in [0.1, 0.15) is 50.3 Å². The average molecular weight is 368 g/mol. The normalized spacial score (nSPS) is 36.2. The zero-order chi connectivity index (χ0) is 18.1. The third-order valence-electron chi connectivity index (χ3n) is 6.98. The van der Waals surface area contributed by atoms with Crippen molar-refractivity contribution in [1.82, 2.24) is 9.55 Å². The molecular weight excluding hydrogens is 346 g/mol. The Labute approximate surface area is 158 Å². The Morgan fingerprint density at radius 3 is 2.62 bits per heavy atom. The van der Waals surface area contributed by atoms with Crippen molar-refractivity contribution in [3.8, 4) is 6.07 Å². The number of carbonyl (C=O) groups is 1. The lowest BCUT2D eigenvalue weighted by atomic mass is 9.47. The van der Waals surface area contributed by atoms with E-state index in [0.29, 0.717) is 17.7 Å². The van der Waals surface area contributed by atoms with Gasteiger partial charge in [-0.15, -0.1) is 11.6 Å². The van der Waals surface area contributed by atoms with E-state index in [0.717, 1.165) is 43.1 Å². The van der Waals surface area contributed by atoms with Crippen LogP contribution >= 0.6 is 11.6 Å². The fraction of sp³-hybridized carbons (Fsp3) is 0.571. The molecule has 0 amide bonds. The van der Waals surface area contributed by atoms with Gasteiger partial charge in [-0.1, -0.05) is 12.1 Å². The first kappa shape index (κ1) is 16.3. The fourth-order valence-electron chi connectivity index (χ4n) is 6.40. The molecule has 0 N–H and O–H groups in total. The van der Waals surface area contributed by atoms with Gasteiger partial charge in [0.15, 0.2) is 11.7 Å². The van der Waals surface area contributed by atoms with E-state index >= 15 is 0 Å². The summed E-state index contributed by atoms with van der Waals surface area (Å²) in [4.78, 5) is 18.1. The van der Waals surface area contributed by atoms with Gasteiger partial charge in [0.2, 0.25) is 0 Å². The van der Waals surface area contributed by atoms with E-state index in [2.05, 4.69) is 11.1 Å². The molecule has 0 saturated heterocycles. The zero-order valence-electron chi connectivity index (χ0n) is 14.9. The molecule has 1 heterocycles. The van der Waals surface area contributed by atoms with Crippen molar-refractivity contribution in [2.45, 2.75) is 49.3 Å². The van der Waals surface area contributed by atoms with Crippen LogP contribution in [0.4, 0.5) is 0 Å². The highest BCUT2D eigenvalue weighted by Gasteiger charge is 2.61. The Morgan fingerprint density at radius 2 is 2.00 bits per heavy atom. The van der Waals surface area contributed by atoms with Crippen molar-refractivity contribution in [2.24, 2.45) is 24.3 Å². The van der Waals surface area contributed by atoms with Crippen molar-refractivity contribution >= 4 is 28.4 Å². The van der Waals surface area contributed by atoms with Gasteiger partial charge in [0, 0.05) is 17.3 Å². The number of para-hydroxylation sites is 2. The van der Waals surface area contributed by atoms with Crippen LogP contribution in [0.5, 0.6) is 0 Å². The lowest BCUT2D eigenvalue weighted by Crippen LogP contribution is -2.56. The third kappa shape index (κ3) is 2.19. The van der Waals surface area contributed by atoms with Crippen LogP contribution < -0.4 is 0 Å². The second kappa shape index (κ2) is 5.33. The summed E-state index contributed by atoms with van der Waals surface area (Å²) in [5, 5.41) is 9.91. The van der Waals surface area contributed by atoms with E-state index in [9.17, 15) is 10.1 Å². The van der Waals surface area contributed by atoms with Gasteiger partial charge in [0.1, 0.15) is 5.82 Å². The molecule has 4 aliphatic carbocycles. The van der Waals surface area contributed by atoms with Crippen molar-refractivity contribution in [2.75, 3.05) is 0 Å². The first-order chi connectivity index (χ1) is 12.4. The molecule has 4 aliphatic rings. The molecule has 0 aliphatic heterocycles. The summed E-state index contributed by atoms with van der Waals surface area (Å²) >= 11 is 6.90. The summed E-state index contributed by atoms with van der Waals surface area (Å²) in [6.07, 6.45) is 5.80. The Kier molecular flexibility index (Phi) is 3.35. The van der Waals surface area contributed by atoms with Crippen molar-refractivity contribution in [3.63, 3.8) is 0 Å². The number of halogens is 1. The van der Waals surface area contributed by atoms with Crippen LogP contribution in [0, 0.1) is 28.6 Å². The second-order valence-electron chi connectivity index (χ2n) is 8.84. The predicted octanol–water partition coefficient (Wildman–Crippen LogP) is 4.33. The third-order valence-corrected chi connectivity index (χ3v) is 7.43. The number of imidazole rings is 1. The summed E-state index contributed by atoms with van der Waals surface area (Å²) in [6.45, 7) is 0. The number of rotatable bonds is 3. The summed E-state index contributed by atoms with van der Waals surface area (Å²) in [5.41, 5.74) is 1.36. The van der Waals surface area contributed by atoms with Crippen LogP contribution in [0.25, 0.3) is 11.0 Å². The van der Waals surface area contributed by atoms with Crippen LogP contribution in [-0.2, 0) is 11.8 Å². The van der Waals surface area contributed by atoms with Crippen molar-refractivity contribution in [1.29, 1.82) is 5.26 Å². The predicted molar refractivity (Wildman–Crippen MR) is 99.8 cm³/mol. The summed E-state index contributed by atoms with van der Waals surface area (Å²) in [6, 6.07) is 10.1. The number of carbonyl (C=O) groups excluding carboxylic acids is 1. The highest BCUT2D eigenvalue weighted by Crippen LogP contribution is 2.64. The Bertz CT molecular complexity index is 942. The molecule has 1 aromatic carbocycles. The Morgan fingerprint density at radius 1 is 1.31 bits per heavy atom. The molecule has 26 heavy (non-hydrogen) atoms. The number of ketones is 1. The van der Waals surface area contributed by atoms with Gasteiger partial charge < -0.3 is 4.57 Å². The molecule has 0 unspecified atom stereocenters. The molecule has 4 nitrogen and oxygen atoms in total. The maximum atomic E-state index is 13.7. The molecule has 3 atom stereocenters. The number of aromatic nitrogens is 2. The van der Waals surface area contributed by atoms with E-state index in [-0.39, 0.29) is 10.7 Å². The average Bonchev–Trinajstić information content (AvgIpc) is 2.91. The lowest BCUT2D eigenvalue weighted by molar-refractivity contribution is -0.142. The molecule has 1 aromatic heterocycles. The molecule has 0 spiro atoms. The van der Waals surface area contributed by atoms with Gasteiger partial charge in [0.25, 0.3) is 0 Å². The molecular formula is C21H22ClN3O. The van der Waals surface area contributed by atoms with Crippen LogP contribution in [-0.4, -0.2) is 20.2 Å². The van der Waals surface area contributed by atoms with Gasteiger partial charge in [0.05, 0.1) is 17.1 Å². The second-order valence-corrected chi connectivity index (χ2v) is 9.64. The van der Waals surface area contributed by atoms with E-state index in [1.807, 2.05) is 35.9 Å². The monoisotopic (exact) mass is 367 g/mol. The number of alkyl halides is 1. The van der Waals surface area contributed by atoms with Crippen molar-refractivity contribution in [3.05, 3.63) is 30.1 Å². The molecule has 4 bridgehead atoms. The quantitative estimate of drug-likeness (QED) is 0.759. The minimum Gasteiger partial charge on any atom is -0.330 e. The SMILES string of the molecule is Cn1c([C@@H](C#N)C(=O)C23C[C@H]4C[C@@H](CC(Cl)(C4)C2)C3)nc2ccccc21. The van der Waals surface area contributed by atoms with Crippen LogP contribution in [0.3, 0.4) is 0 Å². The standard InChI is InChI=1S/C21H22ClN3O/c1-25-17-5-3-2-4-16(17)24-19(25)15(11-23)18(26)20-7-13-6-14(8-20)10-21(22,9-13)12-20/h2-5,13-15H,6-10,12H2,1H3/t13-,14-,15+,20?,21?/m1/s1. The molecule has 6 rings (SSSR count). The van der Waals surface area contributed by atoms with E-state index < -0.39 is 11.3 Å². The Hall–Kier alpha value is -1.86. The number of nitriles is 1. The van der Waals surface area contributed by atoms with Gasteiger partial charge >= 0.3 is 0 Å². The van der Waals surface area contributed by atoms with Crippen LogP contribution in [0.15, 0.2) is 24.3 Å². The van der Waals surface area contributed by atoms with Gasteiger partial charge in [-0.3, -0.25) is 4.79 Å². The molecule has 5 heteroatoms. The molecule has 4 fully saturated rings. The summed E-state index contributed by atoms with van der Waals surface area (Å²) in [5.74, 6) is 0.884. The maximum Gasteiger partial charge on any atom is 0.163 e. The molecule has 134 valence electrons. The number of nitrogens with zero attached hydrogens (tertiary/aromatic N) is 3. The largest absolute Gasteiger partial charge is 0.330 e. The number of fused-ring (bicyclic) bond motifs is 1. The maximum absolute atomic E-state index is 13.7. The fourth-order valence-corrected chi connectivity index (χ4v) is 7.09. The first-order valence-corrected chi connectivity index (χ1v) is 9.85. The number of Topliss-reactive ketones (excluding diaryl/α,β-unsaturated/α-hetero) is 1. The van der Waals surface area contributed by atoms with E-state index in [1.165, 1.54) is 6.42 Å². The van der Waals surface area contributed by atoms with E-state index in [1.54, 1.807) is 0 Å². The first-order valence-electron chi connectivity index (χ1n) is 9.47. The van der Waals surface area contributed by atoms with Gasteiger partial charge in [-0.05, 0) is 62.5 Å². The van der Waals surface area contributed by atoms with Crippen LogP contribution in [0.2, 0.25) is 0 Å². The highest BCUT2D eigenvalue weighted by atomic mass is 35.5. The summed E-state index contributed by atoms with van der Waals surface area (Å²) in [7, 11) is 1.89. The lowest BCUT2D eigenvalue weighted by Gasteiger charge is -2.59. The zero-order valence-corrected chi connectivity index (χ0v) is 15.7. The number of hydrogen-bond acceptors (Lipinski definition) is 3. The van der Waals surface area contributed by atoms with Crippen molar-refractivity contribution < 1.29 is 4.79 Å². The van der Waals surface area contributed by atoms with E-state index in [4.69, 9.17) is 11.6 Å². The number of hydrogen-bond donors (Lipinski definition) is 0. The minimum absolute atomic E-state index is 0.0533. The number of benzene rings is 1. The van der Waals surface area contributed by atoms with Gasteiger partial charge in [-0.25, -0.2) is 4.98 Å².